The number of β-lactam (4-membered cyclic amide) rings is 1. The van der Waals surface area contributed by atoms with Crippen LogP contribution in [0.25, 0.3) is 0 Å². The standard InChI is InChI=1S/C18H20N6O8S2.Na/c1-3-32-22-10(13-21-18(19)34-23-13)14(27)20-11-15(28)24-12(17(29)30)8(6-33-16(11)24)5-31-9(26)4-7(2)25;/h11,16H,3-6H2,1-2H3,(H,20,27)(H,29,30)(H2,19,21,23);/q;+1/p-1/t11?,16-;/m1./s1. The van der Waals surface area contributed by atoms with Gasteiger partial charge < -0.3 is 30.5 Å². The molecule has 1 saturated heterocycles. The number of aromatic nitrogens is 2. The fraction of sp³-hybridized carbons (Fsp3) is 0.444. The third kappa shape index (κ3) is 6.58. The third-order valence-electron chi connectivity index (χ3n) is 4.48. The Hall–Kier alpha value is -2.53. The molecule has 2 amide bonds. The van der Waals surface area contributed by atoms with Gasteiger partial charge in [0.05, 0.1) is 11.7 Å². The van der Waals surface area contributed by atoms with Crippen LogP contribution >= 0.6 is 23.3 Å². The molecule has 2 aliphatic rings. The summed E-state index contributed by atoms with van der Waals surface area (Å²) >= 11 is 2.00. The van der Waals surface area contributed by atoms with E-state index in [-0.39, 0.29) is 64.2 Å². The number of fused-ring (bicyclic) bond motifs is 1. The first-order valence-corrected chi connectivity index (χ1v) is 11.6. The van der Waals surface area contributed by atoms with Crippen molar-refractivity contribution in [2.75, 3.05) is 24.7 Å². The van der Waals surface area contributed by atoms with Crippen molar-refractivity contribution >= 4 is 63.7 Å². The van der Waals surface area contributed by atoms with Crippen molar-refractivity contribution in [3.63, 3.8) is 0 Å². The molecule has 0 saturated carbocycles. The van der Waals surface area contributed by atoms with Gasteiger partial charge in [0.1, 0.15) is 36.8 Å². The number of hydrogen-bond donors (Lipinski definition) is 2. The fourth-order valence-corrected chi connectivity index (χ4v) is 4.82. The molecule has 0 bridgehead atoms. The molecule has 3 N–H and O–H groups in total. The second kappa shape index (κ2) is 12.4. The van der Waals surface area contributed by atoms with Crippen LogP contribution in [0.5, 0.6) is 0 Å². The minimum atomic E-state index is -1.64. The molecule has 1 aromatic heterocycles. The summed E-state index contributed by atoms with van der Waals surface area (Å²) in [6.45, 7) is 2.60. The number of nitrogen functional groups attached to an aromatic ring is 1. The fourth-order valence-electron chi connectivity index (χ4n) is 3.06. The van der Waals surface area contributed by atoms with Crippen LogP contribution in [0.4, 0.5) is 5.13 Å². The number of thioether (sulfide) groups is 1. The van der Waals surface area contributed by atoms with Gasteiger partial charge in [0.25, 0.3) is 11.8 Å². The number of hydrogen-bond acceptors (Lipinski definition) is 14. The van der Waals surface area contributed by atoms with Gasteiger partial charge in [0, 0.05) is 22.9 Å². The number of esters is 1. The summed E-state index contributed by atoms with van der Waals surface area (Å²) in [5, 5.41) is 17.3. The van der Waals surface area contributed by atoms with Gasteiger partial charge in [0.15, 0.2) is 5.13 Å². The number of aliphatic carboxylic acids is 1. The maximum absolute atomic E-state index is 12.8. The molecule has 1 fully saturated rings. The number of rotatable bonds is 10. The van der Waals surface area contributed by atoms with Gasteiger partial charge in [-0.25, -0.2) is 0 Å². The van der Waals surface area contributed by atoms with E-state index in [0.29, 0.717) is 0 Å². The zero-order valence-electron chi connectivity index (χ0n) is 18.9. The second-order valence-electron chi connectivity index (χ2n) is 6.95. The Kier molecular flexibility index (Phi) is 10.2. The number of amides is 2. The molecule has 0 aromatic carbocycles. The van der Waals surface area contributed by atoms with E-state index in [0.717, 1.165) is 28.2 Å². The number of carbonyl (C=O) groups is 5. The molecule has 0 aliphatic carbocycles. The van der Waals surface area contributed by atoms with Crippen LogP contribution in [-0.2, 0) is 33.5 Å². The molecule has 0 radical (unpaired) electrons. The molecule has 3 heterocycles. The van der Waals surface area contributed by atoms with Crippen molar-refractivity contribution in [3.05, 3.63) is 17.1 Å². The summed E-state index contributed by atoms with van der Waals surface area (Å²) in [6.07, 6.45) is -0.453. The summed E-state index contributed by atoms with van der Waals surface area (Å²) < 4.78 is 8.86. The van der Waals surface area contributed by atoms with Crippen molar-refractivity contribution in [2.24, 2.45) is 5.16 Å². The average Bonchev–Trinajstić information content (AvgIpc) is 3.20. The monoisotopic (exact) mass is 534 g/mol. The van der Waals surface area contributed by atoms with Crippen LogP contribution in [0.3, 0.4) is 0 Å². The summed E-state index contributed by atoms with van der Waals surface area (Å²) in [4.78, 5) is 69.7. The van der Waals surface area contributed by atoms with Crippen LogP contribution in [0.1, 0.15) is 26.1 Å². The number of anilines is 1. The summed E-state index contributed by atoms with van der Waals surface area (Å²) in [6, 6.07) is -1.07. The van der Waals surface area contributed by atoms with Crippen LogP contribution in [0.15, 0.2) is 16.4 Å². The molecular weight excluding hydrogens is 515 g/mol. The van der Waals surface area contributed by atoms with E-state index >= 15 is 0 Å². The first-order chi connectivity index (χ1) is 16.1. The van der Waals surface area contributed by atoms with E-state index in [4.69, 9.17) is 15.3 Å². The molecule has 35 heavy (non-hydrogen) atoms. The molecule has 0 spiro atoms. The molecule has 14 nitrogen and oxygen atoms in total. The Morgan fingerprint density at radius 1 is 1.34 bits per heavy atom. The Morgan fingerprint density at radius 3 is 2.63 bits per heavy atom. The van der Waals surface area contributed by atoms with Crippen molar-refractivity contribution in [1.82, 2.24) is 19.6 Å². The summed E-state index contributed by atoms with van der Waals surface area (Å²) in [7, 11) is 0. The third-order valence-corrected chi connectivity index (χ3v) is 6.36. The number of ether oxygens (including phenoxy) is 1. The topological polar surface area (TPSA) is 206 Å². The quantitative estimate of drug-likeness (QED) is 0.0721. The van der Waals surface area contributed by atoms with E-state index in [1.165, 1.54) is 6.92 Å². The molecule has 1 unspecified atom stereocenters. The normalized spacial score (nSPS) is 19.2. The number of nitrogens with zero attached hydrogens (tertiary/aromatic N) is 4. The Labute approximate surface area is 229 Å². The Bertz CT molecular complexity index is 1110. The maximum Gasteiger partial charge on any atom is 1.00 e. The van der Waals surface area contributed by atoms with Gasteiger partial charge in [0.2, 0.25) is 11.5 Å². The van der Waals surface area contributed by atoms with Crippen molar-refractivity contribution in [3.8, 4) is 0 Å². The summed E-state index contributed by atoms with van der Waals surface area (Å²) in [5.74, 6) is -4.38. The van der Waals surface area contributed by atoms with Gasteiger partial charge in [-0.15, -0.1) is 11.8 Å². The van der Waals surface area contributed by atoms with Crippen LogP contribution in [0.2, 0.25) is 0 Å². The SMILES string of the molecule is CCON=C(C(=O)NC1C(=O)N2C(C(=O)[O-])=C(COC(=O)CC(C)=O)CS[C@H]12)c1nsc(N)n1.[Na+]. The van der Waals surface area contributed by atoms with Gasteiger partial charge >= 0.3 is 35.5 Å². The number of carboxylic acids is 1. The van der Waals surface area contributed by atoms with Crippen LogP contribution < -0.4 is 45.7 Å². The van der Waals surface area contributed by atoms with E-state index in [1.54, 1.807) is 6.92 Å². The van der Waals surface area contributed by atoms with Gasteiger partial charge in [-0.1, -0.05) is 5.16 Å². The molecule has 17 heteroatoms. The van der Waals surface area contributed by atoms with Crippen molar-refractivity contribution < 1.29 is 68.2 Å². The minimum Gasteiger partial charge on any atom is -0.543 e. The minimum absolute atomic E-state index is 0. The first kappa shape index (κ1) is 28.7. The van der Waals surface area contributed by atoms with Crippen LogP contribution in [-0.4, -0.2) is 79.9 Å². The zero-order chi connectivity index (χ0) is 25.0. The van der Waals surface area contributed by atoms with Gasteiger partial charge in [-0.05, 0) is 13.8 Å². The predicted octanol–water partition coefficient (Wildman–Crippen LogP) is -5.21. The van der Waals surface area contributed by atoms with E-state index < -0.39 is 59.7 Å². The number of ketones is 1. The van der Waals surface area contributed by atoms with E-state index in [1.807, 2.05) is 0 Å². The number of Topliss-reactive ketones (excluding diaryl/α,β-unsaturated/α-hetero) is 1. The van der Waals surface area contributed by atoms with Crippen molar-refractivity contribution in [1.29, 1.82) is 0 Å². The Balaban J connectivity index is 0.00000432. The van der Waals surface area contributed by atoms with Gasteiger partial charge in [-0.3, -0.25) is 24.1 Å². The van der Waals surface area contributed by atoms with Crippen molar-refractivity contribution in [2.45, 2.75) is 31.7 Å². The maximum atomic E-state index is 12.8. The molecule has 3 rings (SSSR count). The predicted molar refractivity (Wildman–Crippen MR) is 116 cm³/mol. The molecule has 2 atom stereocenters. The Morgan fingerprint density at radius 2 is 2.06 bits per heavy atom. The number of carboxylic acid groups (broad SMARTS) is 1. The smallest absolute Gasteiger partial charge is 0.543 e. The molecule has 182 valence electrons. The number of nitrogens with two attached hydrogens (primary N) is 1. The molecule has 1 aromatic rings. The first-order valence-electron chi connectivity index (χ1n) is 9.77. The molecule has 2 aliphatic heterocycles. The molecular formula is C18H19N6NaO8S2. The average molecular weight is 535 g/mol. The van der Waals surface area contributed by atoms with E-state index in [2.05, 4.69) is 19.8 Å². The second-order valence-corrected chi connectivity index (χ2v) is 8.84. The number of oxime groups is 1. The largest absolute Gasteiger partial charge is 1.00 e. The van der Waals surface area contributed by atoms with Gasteiger partial charge in [-0.2, -0.15) is 9.36 Å². The summed E-state index contributed by atoms with van der Waals surface area (Å²) in [5.41, 5.74) is 4.96. The zero-order valence-corrected chi connectivity index (χ0v) is 22.6. The number of nitrogens with one attached hydrogen (secondary N) is 1. The van der Waals surface area contributed by atoms with E-state index in [9.17, 15) is 29.1 Å². The van der Waals surface area contributed by atoms with Crippen LogP contribution in [0, 0.1) is 0 Å². The number of carbonyl (C=O) groups excluding carboxylic acids is 5.